The quantitative estimate of drug-likeness (QED) is 0.256. The third-order valence-corrected chi connectivity index (χ3v) is 6.84. The van der Waals surface area contributed by atoms with Gasteiger partial charge in [-0.15, -0.1) is 0 Å². The molecule has 2 heterocycles. The summed E-state index contributed by atoms with van der Waals surface area (Å²) in [6, 6.07) is 16.2. The minimum absolute atomic E-state index is 0.264. The summed E-state index contributed by atoms with van der Waals surface area (Å²) < 4.78 is 27.5. The highest BCUT2D eigenvalue weighted by atomic mass is 16.6. The maximum atomic E-state index is 12.4. The summed E-state index contributed by atoms with van der Waals surface area (Å²) in [5.74, 6) is -1.37. The van der Waals surface area contributed by atoms with E-state index in [-0.39, 0.29) is 11.1 Å². The van der Waals surface area contributed by atoms with Crippen molar-refractivity contribution in [1.82, 2.24) is 0 Å². The van der Waals surface area contributed by atoms with Crippen molar-refractivity contribution in [3.8, 4) is 0 Å². The largest absolute Gasteiger partial charge is 0.459 e. The number of carbonyl (C=O) groups is 2. The fourth-order valence-electron chi connectivity index (χ4n) is 4.66. The van der Waals surface area contributed by atoms with Gasteiger partial charge < -0.3 is 49.2 Å². The number of benzene rings is 2. The molecule has 12 nitrogen and oxygen atoms in total. The predicted octanol–water partition coefficient (Wildman–Crippen LogP) is -0.945. The lowest BCUT2D eigenvalue weighted by molar-refractivity contribution is -0.304. The Morgan fingerprint density at radius 1 is 0.641 bits per heavy atom. The van der Waals surface area contributed by atoms with Crippen LogP contribution in [-0.4, -0.2) is 119 Å². The molecule has 0 aliphatic carbocycles. The minimum atomic E-state index is -1.73. The number of carbonyl (C=O) groups excluding carboxylic acids is 2. The van der Waals surface area contributed by atoms with Crippen LogP contribution >= 0.6 is 0 Å². The number of aliphatic hydroxyl groups excluding tert-OH is 5. The first-order valence-corrected chi connectivity index (χ1v) is 12.4. The molecule has 0 bridgehead atoms. The molecular weight excluding hydrogens is 516 g/mol. The predicted molar refractivity (Wildman–Crippen MR) is 132 cm³/mol. The highest BCUT2D eigenvalue weighted by Gasteiger charge is 2.55. The molecule has 2 aliphatic heterocycles. The van der Waals surface area contributed by atoms with Crippen molar-refractivity contribution in [1.29, 1.82) is 0 Å². The van der Waals surface area contributed by atoms with Crippen LogP contribution in [0, 0.1) is 0 Å². The summed E-state index contributed by atoms with van der Waals surface area (Å²) in [7, 11) is 1.24. The summed E-state index contributed by atoms with van der Waals surface area (Å²) in [5, 5.41) is 53.1. The number of hydrogen-bond donors (Lipinski definition) is 5. The van der Waals surface area contributed by atoms with E-state index in [9.17, 15) is 35.1 Å². The molecular formula is C27H32O12. The third kappa shape index (κ3) is 6.45. The lowest BCUT2D eigenvalue weighted by atomic mass is 9.85. The topological polar surface area (TPSA) is 181 Å². The molecule has 0 aromatic heterocycles. The summed E-state index contributed by atoms with van der Waals surface area (Å²) in [6.07, 6.45) is -14.6. The standard InChI is InChI=1S/C27H32O12/c1-35-23-21(31)19(29)17(13-37-27(34)15-10-6-3-7-11-15)39-25(23)24-22(32)20(30)18(28)16(38-24)12-36-26(33)14-8-4-2-5-9-14/h2-11,16-25,28-32H,12-13H2,1H3. The Morgan fingerprint density at radius 3 is 1.54 bits per heavy atom. The Balaban J connectivity index is 1.47. The SMILES string of the molecule is COC1C(O)C(O)C(COC(=O)c2ccccc2)OC1C1OC(COC(=O)c2ccccc2)C(O)C(O)C1O. The number of aliphatic hydroxyl groups is 5. The normalized spacial score (nSPS) is 34.7. The molecule has 2 aliphatic rings. The molecule has 0 amide bonds. The summed E-state index contributed by atoms with van der Waals surface area (Å²) in [4.78, 5) is 24.7. The number of rotatable bonds is 8. The molecule has 2 aromatic carbocycles. The number of ether oxygens (including phenoxy) is 5. The van der Waals surface area contributed by atoms with Crippen molar-refractivity contribution >= 4 is 11.9 Å². The summed E-state index contributed by atoms with van der Waals surface area (Å²) >= 11 is 0. The second-order valence-electron chi connectivity index (χ2n) is 9.36. The second-order valence-corrected chi connectivity index (χ2v) is 9.36. The fourth-order valence-corrected chi connectivity index (χ4v) is 4.66. The number of hydrogen-bond acceptors (Lipinski definition) is 12. The molecule has 12 heteroatoms. The van der Waals surface area contributed by atoms with Gasteiger partial charge in [-0.1, -0.05) is 36.4 Å². The second kappa shape index (κ2) is 12.9. The minimum Gasteiger partial charge on any atom is -0.459 e. The molecule has 4 rings (SSSR count). The third-order valence-electron chi connectivity index (χ3n) is 6.84. The Kier molecular flexibility index (Phi) is 9.64. The van der Waals surface area contributed by atoms with Crippen LogP contribution < -0.4 is 0 Å². The maximum Gasteiger partial charge on any atom is 0.338 e. The van der Waals surface area contributed by atoms with Gasteiger partial charge in [-0.2, -0.15) is 0 Å². The molecule has 10 atom stereocenters. The molecule has 5 N–H and O–H groups in total. The van der Waals surface area contributed by atoms with Gasteiger partial charge in [0.25, 0.3) is 0 Å². The highest BCUT2D eigenvalue weighted by Crippen LogP contribution is 2.33. The van der Waals surface area contributed by atoms with Gasteiger partial charge in [0, 0.05) is 7.11 Å². The van der Waals surface area contributed by atoms with E-state index in [1.54, 1.807) is 60.7 Å². The number of esters is 2. The monoisotopic (exact) mass is 548 g/mol. The van der Waals surface area contributed by atoms with Gasteiger partial charge in [0.05, 0.1) is 11.1 Å². The zero-order valence-corrected chi connectivity index (χ0v) is 21.1. The van der Waals surface area contributed by atoms with Gasteiger partial charge in [-0.25, -0.2) is 9.59 Å². The molecule has 2 aromatic rings. The van der Waals surface area contributed by atoms with E-state index < -0.39 is 86.2 Å². The summed E-state index contributed by atoms with van der Waals surface area (Å²) in [6.45, 7) is -0.923. The zero-order chi connectivity index (χ0) is 28.1. The molecule has 2 fully saturated rings. The van der Waals surface area contributed by atoms with Crippen LogP contribution in [0.5, 0.6) is 0 Å². The average molecular weight is 549 g/mol. The van der Waals surface area contributed by atoms with E-state index in [0.29, 0.717) is 0 Å². The van der Waals surface area contributed by atoms with Gasteiger partial charge in [-0.05, 0) is 24.3 Å². The molecule has 0 radical (unpaired) electrons. The van der Waals surface area contributed by atoms with E-state index >= 15 is 0 Å². The van der Waals surface area contributed by atoms with Crippen molar-refractivity contribution in [2.24, 2.45) is 0 Å². The van der Waals surface area contributed by atoms with Crippen molar-refractivity contribution in [3.63, 3.8) is 0 Å². The van der Waals surface area contributed by atoms with E-state index in [4.69, 9.17) is 23.7 Å². The molecule has 0 spiro atoms. The van der Waals surface area contributed by atoms with Crippen LogP contribution in [0.4, 0.5) is 0 Å². The Morgan fingerprint density at radius 2 is 1.08 bits per heavy atom. The molecule has 10 unspecified atom stereocenters. The van der Waals surface area contributed by atoms with Gasteiger partial charge in [0.15, 0.2) is 0 Å². The number of methoxy groups -OCH3 is 1. The van der Waals surface area contributed by atoms with E-state index in [2.05, 4.69) is 0 Å². The van der Waals surface area contributed by atoms with Crippen LogP contribution in [0.15, 0.2) is 60.7 Å². The molecule has 212 valence electrons. The van der Waals surface area contributed by atoms with E-state index in [1.807, 2.05) is 0 Å². The van der Waals surface area contributed by atoms with Gasteiger partial charge in [0.1, 0.15) is 74.3 Å². The van der Waals surface area contributed by atoms with E-state index in [0.717, 1.165) is 0 Å². The van der Waals surface area contributed by atoms with Crippen molar-refractivity contribution in [2.45, 2.75) is 61.0 Å². The van der Waals surface area contributed by atoms with Crippen molar-refractivity contribution in [3.05, 3.63) is 71.8 Å². The Labute approximate surface area is 224 Å². The first-order chi connectivity index (χ1) is 18.7. The molecule has 2 saturated heterocycles. The average Bonchev–Trinajstić information content (AvgIpc) is 2.97. The highest BCUT2D eigenvalue weighted by molar-refractivity contribution is 5.89. The van der Waals surface area contributed by atoms with E-state index in [1.165, 1.54) is 7.11 Å². The van der Waals surface area contributed by atoms with Crippen LogP contribution in [0.3, 0.4) is 0 Å². The van der Waals surface area contributed by atoms with Crippen molar-refractivity contribution in [2.75, 3.05) is 20.3 Å². The summed E-state index contributed by atoms with van der Waals surface area (Å²) in [5.41, 5.74) is 0.533. The zero-order valence-electron chi connectivity index (χ0n) is 21.1. The molecule has 0 saturated carbocycles. The van der Waals surface area contributed by atoms with Gasteiger partial charge in [0.2, 0.25) is 0 Å². The van der Waals surface area contributed by atoms with Crippen LogP contribution in [0.25, 0.3) is 0 Å². The lowest BCUT2D eigenvalue weighted by Crippen LogP contribution is -2.69. The first-order valence-electron chi connectivity index (χ1n) is 12.4. The lowest BCUT2D eigenvalue weighted by Gasteiger charge is -2.49. The maximum absolute atomic E-state index is 12.4. The fraction of sp³-hybridized carbons (Fsp3) is 0.481. The Bertz CT molecular complexity index is 1080. The smallest absolute Gasteiger partial charge is 0.338 e. The van der Waals surface area contributed by atoms with Gasteiger partial charge >= 0.3 is 11.9 Å². The van der Waals surface area contributed by atoms with Crippen LogP contribution in [-0.2, 0) is 23.7 Å². The van der Waals surface area contributed by atoms with Crippen molar-refractivity contribution < 1.29 is 58.8 Å². The van der Waals surface area contributed by atoms with Crippen LogP contribution in [0.1, 0.15) is 20.7 Å². The van der Waals surface area contributed by atoms with Gasteiger partial charge in [-0.3, -0.25) is 0 Å². The molecule has 39 heavy (non-hydrogen) atoms. The Hall–Kier alpha value is -2.94. The first kappa shape index (κ1) is 29.1. The van der Waals surface area contributed by atoms with Crippen LogP contribution in [0.2, 0.25) is 0 Å².